The number of esters is 1. The van der Waals surface area contributed by atoms with E-state index >= 15 is 0 Å². The van der Waals surface area contributed by atoms with E-state index in [0.717, 1.165) is 17.7 Å². The van der Waals surface area contributed by atoms with E-state index in [1.165, 1.54) is 4.90 Å². The van der Waals surface area contributed by atoms with Crippen LogP contribution in [0.1, 0.15) is 26.2 Å². The van der Waals surface area contributed by atoms with Crippen molar-refractivity contribution in [2.75, 3.05) is 26.2 Å². The maximum absolute atomic E-state index is 12.4. The molecule has 0 spiro atoms. The molecule has 7 heteroatoms. The molecule has 1 aliphatic rings. The van der Waals surface area contributed by atoms with Crippen LogP contribution in [0.4, 0.5) is 4.79 Å². The van der Waals surface area contributed by atoms with E-state index in [2.05, 4.69) is 5.92 Å². The van der Waals surface area contributed by atoms with Gasteiger partial charge in [-0.2, -0.15) is 0 Å². The third-order valence-electron chi connectivity index (χ3n) is 3.19. The number of likely N-dealkylation sites (tertiary alicyclic amines) is 1. The van der Waals surface area contributed by atoms with E-state index in [4.69, 9.17) is 16.3 Å². The average molecular weight is 296 g/mol. The fourth-order valence-corrected chi connectivity index (χ4v) is 2.29. The summed E-state index contributed by atoms with van der Waals surface area (Å²) in [4.78, 5) is 37.6. The molecule has 0 aromatic carbocycles. The van der Waals surface area contributed by atoms with Gasteiger partial charge in [0.05, 0.1) is 13.2 Å². The number of ether oxygens (including phenoxy) is 1. The minimum Gasteiger partial charge on any atom is -0.480 e. The second-order valence-electron chi connectivity index (χ2n) is 4.69. The molecular formula is C14H20N2O5. The Morgan fingerprint density at radius 3 is 2.71 bits per heavy atom. The summed E-state index contributed by atoms with van der Waals surface area (Å²) in [7, 11) is 0. The highest BCUT2D eigenvalue weighted by molar-refractivity contribution is 5.86. The van der Waals surface area contributed by atoms with E-state index in [9.17, 15) is 14.4 Å². The number of carboxylic acids is 1. The van der Waals surface area contributed by atoms with E-state index in [0.29, 0.717) is 13.0 Å². The number of piperidine rings is 1. The highest BCUT2D eigenvalue weighted by Crippen LogP contribution is 2.20. The van der Waals surface area contributed by atoms with Crippen molar-refractivity contribution < 1.29 is 24.2 Å². The van der Waals surface area contributed by atoms with Crippen molar-refractivity contribution >= 4 is 18.0 Å². The highest BCUT2D eigenvalue weighted by atomic mass is 16.5. The van der Waals surface area contributed by atoms with Crippen LogP contribution in [0.5, 0.6) is 0 Å². The van der Waals surface area contributed by atoms with E-state index in [-0.39, 0.29) is 13.2 Å². The summed E-state index contributed by atoms with van der Waals surface area (Å²) < 4.78 is 4.97. The van der Waals surface area contributed by atoms with Crippen LogP contribution in [-0.2, 0) is 14.3 Å². The van der Waals surface area contributed by atoms with Crippen molar-refractivity contribution in [1.82, 2.24) is 9.80 Å². The number of rotatable bonds is 5. The van der Waals surface area contributed by atoms with Crippen molar-refractivity contribution in [2.24, 2.45) is 0 Å². The molecule has 1 unspecified atom stereocenters. The van der Waals surface area contributed by atoms with E-state index in [1.54, 1.807) is 6.92 Å². The Bertz CT molecular complexity index is 443. The zero-order chi connectivity index (χ0) is 15.8. The fraction of sp³-hybridized carbons (Fsp3) is 0.643. The minimum atomic E-state index is -1.15. The minimum absolute atomic E-state index is 0.114. The maximum Gasteiger partial charge on any atom is 0.328 e. The van der Waals surface area contributed by atoms with Gasteiger partial charge in [0.25, 0.3) is 0 Å². The van der Waals surface area contributed by atoms with Crippen LogP contribution in [0.15, 0.2) is 0 Å². The van der Waals surface area contributed by atoms with Gasteiger partial charge in [-0.1, -0.05) is 5.92 Å². The van der Waals surface area contributed by atoms with Crippen molar-refractivity contribution in [3.8, 4) is 12.3 Å². The summed E-state index contributed by atoms with van der Waals surface area (Å²) in [5, 5.41) is 8.84. The molecule has 116 valence electrons. The van der Waals surface area contributed by atoms with Crippen LogP contribution in [0.3, 0.4) is 0 Å². The van der Waals surface area contributed by atoms with Crippen molar-refractivity contribution in [1.29, 1.82) is 0 Å². The number of hydrogen-bond donors (Lipinski definition) is 1. The van der Waals surface area contributed by atoms with Crippen LogP contribution >= 0.6 is 0 Å². The first kappa shape index (κ1) is 16.8. The standard InChI is InChI=1S/C14H20N2O5/c1-3-8-15(10-12(17)18)14(20)16-9-6-5-7-11(16)13(19)21-4-2/h1,11H,4-10H2,2H3,(H,17,18). The van der Waals surface area contributed by atoms with Crippen molar-refractivity contribution in [3.63, 3.8) is 0 Å². The third kappa shape index (κ3) is 4.67. The molecule has 21 heavy (non-hydrogen) atoms. The second kappa shape index (κ2) is 8.15. The largest absolute Gasteiger partial charge is 0.480 e. The van der Waals surface area contributed by atoms with Crippen LogP contribution in [-0.4, -0.2) is 65.2 Å². The third-order valence-corrected chi connectivity index (χ3v) is 3.19. The lowest BCUT2D eigenvalue weighted by Crippen LogP contribution is -2.54. The van der Waals surface area contributed by atoms with Gasteiger partial charge in [0, 0.05) is 6.54 Å². The zero-order valence-corrected chi connectivity index (χ0v) is 12.1. The van der Waals surface area contributed by atoms with Gasteiger partial charge in [-0.25, -0.2) is 9.59 Å². The summed E-state index contributed by atoms with van der Waals surface area (Å²) in [6.45, 7) is 1.72. The summed E-state index contributed by atoms with van der Waals surface area (Å²) in [6.07, 6.45) is 7.27. The number of amides is 2. The van der Waals surface area contributed by atoms with Gasteiger partial charge in [0.1, 0.15) is 12.6 Å². The molecule has 0 bridgehead atoms. The number of carbonyl (C=O) groups is 3. The van der Waals surface area contributed by atoms with Gasteiger partial charge in [-0.05, 0) is 26.2 Å². The van der Waals surface area contributed by atoms with Gasteiger partial charge in [-0.15, -0.1) is 6.42 Å². The van der Waals surface area contributed by atoms with Crippen LogP contribution in [0, 0.1) is 12.3 Å². The first-order valence-electron chi connectivity index (χ1n) is 6.88. The molecule has 1 atom stereocenters. The van der Waals surface area contributed by atoms with E-state index in [1.807, 2.05) is 0 Å². The van der Waals surface area contributed by atoms with Gasteiger partial charge in [0.2, 0.25) is 0 Å². The zero-order valence-electron chi connectivity index (χ0n) is 12.1. The molecule has 0 saturated carbocycles. The van der Waals surface area contributed by atoms with Crippen molar-refractivity contribution in [2.45, 2.75) is 32.2 Å². The molecule has 1 rings (SSSR count). The van der Waals surface area contributed by atoms with Crippen LogP contribution < -0.4 is 0 Å². The Hall–Kier alpha value is -2.23. The Morgan fingerprint density at radius 2 is 2.14 bits per heavy atom. The predicted octanol–water partition coefficient (Wildman–Crippen LogP) is 0.544. The molecule has 0 radical (unpaired) electrons. The Kier molecular flexibility index (Phi) is 6.53. The molecule has 1 heterocycles. The van der Waals surface area contributed by atoms with Gasteiger partial charge < -0.3 is 19.6 Å². The summed E-state index contributed by atoms with van der Waals surface area (Å²) in [6, 6.07) is -1.20. The Morgan fingerprint density at radius 1 is 1.43 bits per heavy atom. The number of nitrogens with zero attached hydrogens (tertiary/aromatic N) is 2. The van der Waals surface area contributed by atoms with Crippen molar-refractivity contribution in [3.05, 3.63) is 0 Å². The van der Waals surface area contributed by atoms with Crippen LogP contribution in [0.2, 0.25) is 0 Å². The smallest absolute Gasteiger partial charge is 0.328 e. The first-order chi connectivity index (χ1) is 10.0. The average Bonchev–Trinajstić information content (AvgIpc) is 2.46. The Labute approximate surface area is 123 Å². The first-order valence-corrected chi connectivity index (χ1v) is 6.88. The second-order valence-corrected chi connectivity index (χ2v) is 4.69. The molecule has 0 aliphatic carbocycles. The maximum atomic E-state index is 12.4. The quantitative estimate of drug-likeness (QED) is 0.591. The molecule has 0 aromatic heterocycles. The molecule has 7 nitrogen and oxygen atoms in total. The molecule has 2 amide bonds. The number of carboxylic acid groups (broad SMARTS) is 1. The number of hydrogen-bond acceptors (Lipinski definition) is 4. The number of aliphatic carboxylic acids is 1. The number of terminal acetylenes is 1. The normalized spacial score (nSPS) is 17.7. The topological polar surface area (TPSA) is 87.2 Å². The Balaban J connectivity index is 2.85. The summed E-state index contributed by atoms with van der Waals surface area (Å²) in [5.74, 6) is 0.655. The SMILES string of the molecule is C#CCN(CC(=O)O)C(=O)N1CCCCC1C(=O)OCC. The molecule has 1 N–H and O–H groups in total. The molecule has 1 aliphatic heterocycles. The molecule has 1 saturated heterocycles. The predicted molar refractivity (Wildman–Crippen MR) is 74.4 cm³/mol. The van der Waals surface area contributed by atoms with Crippen LogP contribution in [0.25, 0.3) is 0 Å². The lowest BCUT2D eigenvalue weighted by atomic mass is 10.0. The number of urea groups is 1. The van der Waals surface area contributed by atoms with Gasteiger partial charge in [-0.3, -0.25) is 4.79 Å². The molecular weight excluding hydrogens is 276 g/mol. The summed E-state index contributed by atoms with van der Waals surface area (Å²) in [5.41, 5.74) is 0. The van der Waals surface area contributed by atoms with Gasteiger partial charge >= 0.3 is 18.0 Å². The van der Waals surface area contributed by atoms with Gasteiger partial charge in [0.15, 0.2) is 0 Å². The lowest BCUT2D eigenvalue weighted by Gasteiger charge is -2.36. The van der Waals surface area contributed by atoms with E-state index < -0.39 is 30.6 Å². The molecule has 0 aromatic rings. The highest BCUT2D eigenvalue weighted by Gasteiger charge is 2.35. The lowest BCUT2D eigenvalue weighted by molar-refractivity contribution is -0.149. The summed E-state index contributed by atoms with van der Waals surface area (Å²) >= 11 is 0. The fourth-order valence-electron chi connectivity index (χ4n) is 2.29. The monoisotopic (exact) mass is 296 g/mol. The number of carbonyl (C=O) groups excluding carboxylic acids is 2. The molecule has 1 fully saturated rings.